The van der Waals surface area contributed by atoms with E-state index in [1.807, 2.05) is 59.5 Å². The number of amides is 1. The molecule has 1 amide bonds. The summed E-state index contributed by atoms with van der Waals surface area (Å²) in [6, 6.07) is 24.2. The standard InChI is InChI=1S/C28H24N4O4/c33-27-10-5-15-31(27)25-16-23(18-11-13-20(14-12-18)32(34)35)29-22-9-4-8-21(28(22)25)24-17-26(36-30-24)19-6-2-1-3-7-19/h1-4,6-9,11-14,17,23,25,29H,5,10,15-16H2. The second-order valence-corrected chi connectivity index (χ2v) is 9.20. The summed E-state index contributed by atoms with van der Waals surface area (Å²) < 4.78 is 5.69. The molecule has 8 heteroatoms. The van der Waals surface area contributed by atoms with Crippen molar-refractivity contribution in [2.45, 2.75) is 31.3 Å². The second-order valence-electron chi connectivity index (χ2n) is 9.20. The Morgan fingerprint density at radius 1 is 1.03 bits per heavy atom. The maximum atomic E-state index is 12.9. The molecule has 1 saturated heterocycles. The molecule has 180 valence electrons. The Kier molecular flexibility index (Phi) is 5.48. The van der Waals surface area contributed by atoms with Crippen LogP contribution >= 0.6 is 0 Å². The molecule has 3 aromatic carbocycles. The van der Waals surface area contributed by atoms with Gasteiger partial charge in [0, 0.05) is 53.5 Å². The van der Waals surface area contributed by atoms with Crippen LogP contribution in [0.1, 0.15) is 42.5 Å². The Hall–Kier alpha value is -4.46. The number of fused-ring (bicyclic) bond motifs is 1. The number of carbonyl (C=O) groups is 1. The van der Waals surface area contributed by atoms with Gasteiger partial charge in [0.1, 0.15) is 5.69 Å². The highest BCUT2D eigenvalue weighted by atomic mass is 16.6. The predicted molar refractivity (Wildman–Crippen MR) is 135 cm³/mol. The molecule has 6 rings (SSSR count). The molecule has 2 aliphatic rings. The van der Waals surface area contributed by atoms with E-state index in [2.05, 4.69) is 10.5 Å². The zero-order chi connectivity index (χ0) is 24.6. The molecule has 8 nitrogen and oxygen atoms in total. The second kappa shape index (κ2) is 8.96. The number of nitro groups is 1. The number of rotatable bonds is 5. The van der Waals surface area contributed by atoms with Gasteiger partial charge in [-0.3, -0.25) is 14.9 Å². The van der Waals surface area contributed by atoms with Crippen LogP contribution < -0.4 is 5.32 Å². The van der Waals surface area contributed by atoms with Gasteiger partial charge in [-0.15, -0.1) is 0 Å². The van der Waals surface area contributed by atoms with Crippen molar-refractivity contribution in [2.75, 3.05) is 11.9 Å². The number of carbonyl (C=O) groups excluding carboxylic acids is 1. The summed E-state index contributed by atoms with van der Waals surface area (Å²) in [7, 11) is 0. The molecular formula is C28H24N4O4. The van der Waals surface area contributed by atoms with Crippen molar-refractivity contribution < 1.29 is 14.2 Å². The van der Waals surface area contributed by atoms with E-state index in [0.29, 0.717) is 25.1 Å². The fourth-order valence-corrected chi connectivity index (χ4v) is 5.33. The Balaban J connectivity index is 1.41. The normalized spacial score (nSPS) is 19.1. The van der Waals surface area contributed by atoms with E-state index in [0.717, 1.165) is 40.1 Å². The number of nitrogens with one attached hydrogen (secondary N) is 1. The molecule has 0 bridgehead atoms. The molecule has 3 heterocycles. The number of hydrogen-bond acceptors (Lipinski definition) is 6. The zero-order valence-electron chi connectivity index (χ0n) is 19.5. The van der Waals surface area contributed by atoms with Crippen LogP contribution in [-0.4, -0.2) is 27.4 Å². The largest absolute Gasteiger partial charge is 0.378 e. The lowest BCUT2D eigenvalue weighted by Gasteiger charge is -2.39. The van der Waals surface area contributed by atoms with Crippen LogP contribution in [0.2, 0.25) is 0 Å². The lowest BCUT2D eigenvalue weighted by molar-refractivity contribution is -0.384. The maximum absolute atomic E-state index is 12.9. The Morgan fingerprint density at radius 3 is 2.56 bits per heavy atom. The van der Waals surface area contributed by atoms with E-state index in [1.165, 1.54) is 12.1 Å². The van der Waals surface area contributed by atoms with Gasteiger partial charge >= 0.3 is 0 Å². The van der Waals surface area contributed by atoms with E-state index in [1.54, 1.807) is 12.1 Å². The summed E-state index contributed by atoms with van der Waals surface area (Å²) in [4.78, 5) is 25.6. The monoisotopic (exact) mass is 480 g/mol. The van der Waals surface area contributed by atoms with Gasteiger partial charge in [-0.1, -0.05) is 59.8 Å². The molecule has 1 aromatic heterocycles. The van der Waals surface area contributed by atoms with E-state index in [-0.39, 0.29) is 23.7 Å². The smallest absolute Gasteiger partial charge is 0.269 e. The lowest BCUT2D eigenvalue weighted by atomic mass is 9.85. The van der Waals surface area contributed by atoms with Crippen molar-refractivity contribution in [3.05, 3.63) is 100 Å². The number of benzene rings is 3. The number of hydrogen-bond donors (Lipinski definition) is 1. The van der Waals surface area contributed by atoms with Crippen molar-refractivity contribution in [3.63, 3.8) is 0 Å². The van der Waals surface area contributed by atoms with Crippen LogP contribution in [0.5, 0.6) is 0 Å². The number of anilines is 1. The van der Waals surface area contributed by atoms with Gasteiger partial charge in [0.05, 0.1) is 17.0 Å². The molecule has 0 saturated carbocycles. The highest BCUT2D eigenvalue weighted by molar-refractivity contribution is 5.82. The summed E-state index contributed by atoms with van der Waals surface area (Å²) in [5.74, 6) is 0.833. The molecule has 0 aliphatic carbocycles. The molecule has 36 heavy (non-hydrogen) atoms. The van der Waals surface area contributed by atoms with E-state index in [4.69, 9.17) is 4.52 Å². The predicted octanol–water partition coefficient (Wildman–Crippen LogP) is 6.14. The Bertz CT molecular complexity index is 1430. The molecule has 2 unspecified atom stereocenters. The molecule has 1 fully saturated rings. The average molecular weight is 481 g/mol. The first kappa shape index (κ1) is 22.0. The van der Waals surface area contributed by atoms with Gasteiger partial charge in [0.2, 0.25) is 5.91 Å². The molecule has 1 N–H and O–H groups in total. The van der Waals surface area contributed by atoms with Gasteiger partial charge in [0.15, 0.2) is 5.76 Å². The van der Waals surface area contributed by atoms with Crippen LogP contribution in [0.4, 0.5) is 11.4 Å². The first-order chi connectivity index (χ1) is 17.6. The minimum Gasteiger partial charge on any atom is -0.378 e. The topological polar surface area (TPSA) is 102 Å². The number of nitrogens with zero attached hydrogens (tertiary/aromatic N) is 3. The SMILES string of the molecule is O=C1CCCN1C1CC(c2ccc([N+](=O)[O-])cc2)Nc2cccc(-c3cc(-c4ccccc4)on3)c21. The van der Waals surface area contributed by atoms with Crippen molar-refractivity contribution in [1.29, 1.82) is 0 Å². The number of nitro benzene ring substituents is 1. The summed E-state index contributed by atoms with van der Waals surface area (Å²) in [6.07, 6.45) is 2.03. The van der Waals surface area contributed by atoms with E-state index >= 15 is 0 Å². The number of aromatic nitrogens is 1. The minimum absolute atomic E-state index is 0.0590. The molecule has 4 aromatic rings. The van der Waals surface area contributed by atoms with E-state index in [9.17, 15) is 14.9 Å². The van der Waals surface area contributed by atoms with Gasteiger partial charge in [-0.25, -0.2) is 0 Å². The van der Waals surface area contributed by atoms with Crippen molar-refractivity contribution in [3.8, 4) is 22.6 Å². The van der Waals surface area contributed by atoms with Crippen molar-refractivity contribution in [2.24, 2.45) is 0 Å². The number of non-ortho nitro benzene ring substituents is 1. The van der Waals surface area contributed by atoms with Crippen LogP contribution in [0.3, 0.4) is 0 Å². The maximum Gasteiger partial charge on any atom is 0.269 e. The first-order valence-corrected chi connectivity index (χ1v) is 12.0. The lowest BCUT2D eigenvalue weighted by Crippen LogP contribution is -2.35. The van der Waals surface area contributed by atoms with Gasteiger partial charge in [0.25, 0.3) is 5.69 Å². The third-order valence-corrected chi connectivity index (χ3v) is 7.06. The van der Waals surface area contributed by atoms with Crippen molar-refractivity contribution >= 4 is 17.3 Å². The third-order valence-electron chi connectivity index (χ3n) is 7.06. The van der Waals surface area contributed by atoms with Crippen LogP contribution in [0.15, 0.2) is 83.4 Å². The number of likely N-dealkylation sites (tertiary alicyclic amines) is 1. The fourth-order valence-electron chi connectivity index (χ4n) is 5.33. The summed E-state index contributed by atoms with van der Waals surface area (Å²) in [6.45, 7) is 0.707. The average Bonchev–Trinajstić information content (AvgIpc) is 3.58. The van der Waals surface area contributed by atoms with Gasteiger partial charge in [-0.2, -0.15) is 0 Å². The molecule has 0 spiro atoms. The van der Waals surface area contributed by atoms with Crippen LogP contribution in [0, 0.1) is 10.1 Å². The van der Waals surface area contributed by atoms with Gasteiger partial charge in [-0.05, 0) is 24.5 Å². The van der Waals surface area contributed by atoms with Gasteiger partial charge < -0.3 is 14.7 Å². The highest BCUT2D eigenvalue weighted by Gasteiger charge is 2.38. The Morgan fingerprint density at radius 2 is 1.83 bits per heavy atom. The van der Waals surface area contributed by atoms with E-state index < -0.39 is 4.92 Å². The minimum atomic E-state index is -0.396. The first-order valence-electron chi connectivity index (χ1n) is 12.0. The third kappa shape index (κ3) is 3.90. The van der Waals surface area contributed by atoms with Crippen molar-refractivity contribution in [1.82, 2.24) is 10.1 Å². The highest BCUT2D eigenvalue weighted by Crippen LogP contribution is 2.47. The summed E-state index contributed by atoms with van der Waals surface area (Å²) >= 11 is 0. The summed E-state index contributed by atoms with van der Waals surface area (Å²) in [5.41, 5.74) is 5.55. The molecular weight excluding hydrogens is 456 g/mol. The Labute approximate surface area is 207 Å². The molecule has 2 aliphatic heterocycles. The fraction of sp³-hybridized carbons (Fsp3) is 0.214. The van der Waals surface area contributed by atoms with Crippen LogP contribution in [0.25, 0.3) is 22.6 Å². The summed E-state index contributed by atoms with van der Waals surface area (Å²) in [5, 5.41) is 19.1. The molecule has 2 atom stereocenters. The quantitative estimate of drug-likeness (QED) is 0.272. The molecule has 0 radical (unpaired) electrons. The van der Waals surface area contributed by atoms with Crippen LogP contribution in [-0.2, 0) is 4.79 Å². The zero-order valence-corrected chi connectivity index (χ0v) is 19.5.